The van der Waals surface area contributed by atoms with Crippen molar-refractivity contribution in [1.82, 2.24) is 5.32 Å². The van der Waals surface area contributed by atoms with Crippen LogP contribution in [-0.4, -0.2) is 34.7 Å². The number of benzene rings is 1. The number of nitrogens with two attached hydrogens (primary N) is 1. The van der Waals surface area contributed by atoms with Gasteiger partial charge in [0.25, 0.3) is 5.91 Å². The highest BCUT2D eigenvalue weighted by Crippen LogP contribution is 2.20. The molecule has 0 aliphatic carbocycles. The standard InChI is InChI=1S/C10H11BrN2O4/c11-6-3-5(1-2-7(6)12)9(15)13-4-8(14)10(16)17/h1-3,8,14H,4,12H2,(H,13,15)(H,16,17)/t8-/m0/s1. The molecule has 17 heavy (non-hydrogen) atoms. The lowest BCUT2D eigenvalue weighted by Crippen LogP contribution is -2.36. The van der Waals surface area contributed by atoms with E-state index in [2.05, 4.69) is 21.2 Å². The molecular formula is C10H11BrN2O4. The molecule has 1 atom stereocenters. The predicted molar refractivity (Wildman–Crippen MR) is 64.5 cm³/mol. The van der Waals surface area contributed by atoms with Crippen molar-refractivity contribution in [3.05, 3.63) is 28.2 Å². The number of aliphatic hydroxyl groups excluding tert-OH is 1. The van der Waals surface area contributed by atoms with Crippen LogP contribution in [0, 0.1) is 0 Å². The van der Waals surface area contributed by atoms with E-state index in [1.165, 1.54) is 12.1 Å². The van der Waals surface area contributed by atoms with E-state index in [0.717, 1.165) is 0 Å². The van der Waals surface area contributed by atoms with E-state index in [0.29, 0.717) is 15.7 Å². The molecule has 0 fully saturated rings. The minimum Gasteiger partial charge on any atom is -0.479 e. The van der Waals surface area contributed by atoms with Crippen molar-refractivity contribution in [3.63, 3.8) is 0 Å². The van der Waals surface area contributed by atoms with Gasteiger partial charge in [-0.05, 0) is 34.1 Å². The lowest BCUT2D eigenvalue weighted by atomic mass is 10.2. The minimum absolute atomic E-state index is 0.323. The highest BCUT2D eigenvalue weighted by Gasteiger charge is 2.15. The van der Waals surface area contributed by atoms with E-state index in [1.807, 2.05) is 0 Å². The zero-order valence-electron chi connectivity index (χ0n) is 8.68. The lowest BCUT2D eigenvalue weighted by molar-refractivity contribution is -0.146. The molecule has 0 aromatic heterocycles. The molecule has 0 unspecified atom stereocenters. The van der Waals surface area contributed by atoms with Crippen molar-refractivity contribution in [2.45, 2.75) is 6.10 Å². The van der Waals surface area contributed by atoms with Gasteiger partial charge in [0.05, 0.1) is 6.54 Å². The number of aliphatic hydroxyl groups is 1. The molecule has 5 N–H and O–H groups in total. The molecule has 7 heteroatoms. The van der Waals surface area contributed by atoms with Crippen LogP contribution in [0.3, 0.4) is 0 Å². The smallest absolute Gasteiger partial charge is 0.334 e. The van der Waals surface area contributed by atoms with Crippen molar-refractivity contribution in [3.8, 4) is 0 Å². The van der Waals surface area contributed by atoms with E-state index in [1.54, 1.807) is 6.07 Å². The normalized spacial score (nSPS) is 11.9. The highest BCUT2D eigenvalue weighted by molar-refractivity contribution is 9.10. The van der Waals surface area contributed by atoms with Gasteiger partial charge in [-0.25, -0.2) is 4.79 Å². The van der Waals surface area contributed by atoms with E-state index in [-0.39, 0.29) is 6.54 Å². The van der Waals surface area contributed by atoms with E-state index in [4.69, 9.17) is 15.9 Å². The molecular weight excluding hydrogens is 292 g/mol. The maximum atomic E-state index is 11.6. The number of nitrogens with one attached hydrogen (secondary N) is 1. The van der Waals surface area contributed by atoms with Crippen LogP contribution in [0.25, 0.3) is 0 Å². The summed E-state index contributed by atoms with van der Waals surface area (Å²) in [5.41, 5.74) is 6.37. The minimum atomic E-state index is -1.61. The van der Waals surface area contributed by atoms with Crippen LogP contribution in [0.5, 0.6) is 0 Å². The number of aliphatic carboxylic acids is 1. The first-order valence-corrected chi connectivity index (χ1v) is 5.45. The average molecular weight is 303 g/mol. The molecule has 0 radical (unpaired) electrons. The fraction of sp³-hybridized carbons (Fsp3) is 0.200. The average Bonchev–Trinajstić information content (AvgIpc) is 2.28. The molecule has 0 spiro atoms. The van der Waals surface area contributed by atoms with Crippen LogP contribution < -0.4 is 11.1 Å². The maximum Gasteiger partial charge on any atom is 0.334 e. The largest absolute Gasteiger partial charge is 0.479 e. The summed E-state index contributed by atoms with van der Waals surface area (Å²) in [6.07, 6.45) is -1.61. The third-order valence-corrected chi connectivity index (χ3v) is 2.69. The van der Waals surface area contributed by atoms with Crippen molar-refractivity contribution < 1.29 is 19.8 Å². The van der Waals surface area contributed by atoms with Gasteiger partial charge in [-0.1, -0.05) is 0 Å². The third kappa shape index (κ3) is 3.72. The Balaban J connectivity index is 2.64. The number of nitrogen functional groups attached to an aromatic ring is 1. The number of halogens is 1. The van der Waals surface area contributed by atoms with E-state index in [9.17, 15) is 9.59 Å². The molecule has 0 aliphatic heterocycles. The second-order valence-corrected chi connectivity index (χ2v) is 4.15. The van der Waals surface area contributed by atoms with Crippen LogP contribution in [0.1, 0.15) is 10.4 Å². The fourth-order valence-corrected chi connectivity index (χ4v) is 1.43. The SMILES string of the molecule is Nc1ccc(C(=O)NC[C@H](O)C(=O)O)cc1Br. The van der Waals surface area contributed by atoms with E-state index < -0.39 is 18.0 Å². The number of carboxylic acids is 1. The van der Waals surface area contributed by atoms with Gasteiger partial charge in [0.1, 0.15) is 0 Å². The molecule has 0 heterocycles. The Morgan fingerprint density at radius 1 is 1.47 bits per heavy atom. The van der Waals surface area contributed by atoms with Gasteiger partial charge in [0.2, 0.25) is 0 Å². The number of hydrogen-bond donors (Lipinski definition) is 4. The third-order valence-electron chi connectivity index (χ3n) is 2.00. The Labute approximate surface area is 106 Å². The Morgan fingerprint density at radius 2 is 2.12 bits per heavy atom. The van der Waals surface area contributed by atoms with Crippen molar-refractivity contribution in [1.29, 1.82) is 0 Å². The van der Waals surface area contributed by atoms with Gasteiger partial charge in [-0.15, -0.1) is 0 Å². The second kappa shape index (κ2) is 5.65. The fourth-order valence-electron chi connectivity index (χ4n) is 1.05. The molecule has 6 nitrogen and oxygen atoms in total. The number of amides is 1. The summed E-state index contributed by atoms with van der Waals surface area (Å²) in [7, 11) is 0. The van der Waals surface area contributed by atoms with E-state index >= 15 is 0 Å². The molecule has 1 aromatic carbocycles. The molecule has 0 saturated carbocycles. The Kier molecular flexibility index (Phi) is 4.47. The van der Waals surface area contributed by atoms with Crippen LogP contribution in [0.4, 0.5) is 5.69 Å². The Morgan fingerprint density at radius 3 is 2.65 bits per heavy atom. The summed E-state index contributed by atoms with van der Waals surface area (Å²) in [5.74, 6) is -1.87. The Hall–Kier alpha value is -1.60. The zero-order valence-corrected chi connectivity index (χ0v) is 10.3. The summed E-state index contributed by atoms with van der Waals surface area (Å²) >= 11 is 3.17. The van der Waals surface area contributed by atoms with Crippen molar-refractivity contribution >= 4 is 33.5 Å². The van der Waals surface area contributed by atoms with Crippen LogP contribution in [0.15, 0.2) is 22.7 Å². The first-order chi connectivity index (χ1) is 7.91. The van der Waals surface area contributed by atoms with Crippen molar-refractivity contribution in [2.75, 3.05) is 12.3 Å². The number of hydrogen-bond acceptors (Lipinski definition) is 4. The second-order valence-electron chi connectivity index (χ2n) is 3.30. The highest BCUT2D eigenvalue weighted by atomic mass is 79.9. The molecule has 0 aliphatic rings. The molecule has 0 saturated heterocycles. The summed E-state index contributed by atoms with van der Waals surface area (Å²) in [6.45, 7) is -0.351. The number of carbonyl (C=O) groups excluding carboxylic acids is 1. The summed E-state index contributed by atoms with van der Waals surface area (Å²) in [5, 5.41) is 19.7. The molecule has 1 amide bonds. The topological polar surface area (TPSA) is 113 Å². The van der Waals surface area contributed by atoms with Gasteiger partial charge in [0, 0.05) is 15.7 Å². The summed E-state index contributed by atoms with van der Waals surface area (Å²) in [6, 6.07) is 4.56. The lowest BCUT2D eigenvalue weighted by Gasteiger charge is -2.08. The molecule has 1 rings (SSSR count). The van der Waals surface area contributed by atoms with Crippen LogP contribution in [-0.2, 0) is 4.79 Å². The van der Waals surface area contributed by atoms with Gasteiger partial charge < -0.3 is 21.3 Å². The number of rotatable bonds is 4. The quantitative estimate of drug-likeness (QED) is 0.594. The number of anilines is 1. The van der Waals surface area contributed by atoms with Gasteiger partial charge >= 0.3 is 5.97 Å². The molecule has 92 valence electrons. The van der Waals surface area contributed by atoms with Crippen molar-refractivity contribution in [2.24, 2.45) is 0 Å². The van der Waals surface area contributed by atoms with Crippen LogP contribution >= 0.6 is 15.9 Å². The summed E-state index contributed by atoms with van der Waals surface area (Å²) < 4.78 is 0.573. The summed E-state index contributed by atoms with van der Waals surface area (Å²) in [4.78, 5) is 21.9. The van der Waals surface area contributed by atoms with Gasteiger partial charge in [0.15, 0.2) is 6.10 Å². The van der Waals surface area contributed by atoms with Gasteiger partial charge in [-0.3, -0.25) is 4.79 Å². The molecule has 0 bridgehead atoms. The predicted octanol–water partition coefficient (Wildman–Crippen LogP) is 0.207. The van der Waals surface area contributed by atoms with Gasteiger partial charge in [-0.2, -0.15) is 0 Å². The first kappa shape index (κ1) is 13.5. The monoisotopic (exact) mass is 302 g/mol. The Bertz CT molecular complexity index is 450. The maximum absolute atomic E-state index is 11.6. The molecule has 1 aromatic rings. The van der Waals surface area contributed by atoms with Crippen LogP contribution in [0.2, 0.25) is 0 Å². The number of carboxylic acid groups (broad SMARTS) is 1. The number of carbonyl (C=O) groups is 2. The zero-order chi connectivity index (χ0) is 13.0. The first-order valence-electron chi connectivity index (χ1n) is 4.66.